The Morgan fingerprint density at radius 1 is 1.29 bits per heavy atom. The molecule has 3 rings (SSSR count). The lowest BCUT2D eigenvalue weighted by Gasteiger charge is -2.36. The number of piperazine rings is 1. The summed E-state index contributed by atoms with van der Waals surface area (Å²) >= 11 is 3.62. The molecule has 6 nitrogen and oxygen atoms in total. The van der Waals surface area contributed by atoms with E-state index in [1.54, 1.807) is 4.81 Å². The fraction of sp³-hybridized carbons (Fsp3) is 0.714. The van der Waals surface area contributed by atoms with Crippen molar-refractivity contribution < 1.29 is 4.81 Å². The van der Waals surface area contributed by atoms with E-state index in [1.165, 1.54) is 0 Å². The van der Waals surface area contributed by atoms with E-state index in [9.17, 15) is 0 Å². The molecule has 2 unspecified atom stereocenters. The topological polar surface area (TPSA) is 46.6 Å². The highest BCUT2D eigenvalue weighted by atomic mass is 79.9. The molecule has 0 saturated carbocycles. The van der Waals surface area contributed by atoms with Gasteiger partial charge in [-0.25, -0.2) is 4.99 Å². The lowest BCUT2D eigenvalue weighted by Crippen LogP contribution is -2.52. The number of halogens is 1. The van der Waals surface area contributed by atoms with Crippen molar-refractivity contribution in [1.29, 1.82) is 0 Å². The summed E-state index contributed by atoms with van der Waals surface area (Å²) in [6.07, 6.45) is 2.80. The highest BCUT2D eigenvalue weighted by Gasteiger charge is 2.37. The van der Waals surface area contributed by atoms with Crippen molar-refractivity contribution in [3.63, 3.8) is 0 Å². The van der Waals surface area contributed by atoms with Crippen LogP contribution in [0.1, 0.15) is 13.3 Å². The molecule has 0 N–H and O–H groups in total. The van der Waals surface area contributed by atoms with E-state index in [0.29, 0.717) is 5.92 Å². The number of amidine groups is 1. The Labute approximate surface area is 134 Å². The van der Waals surface area contributed by atoms with Gasteiger partial charge in [-0.2, -0.15) is 0 Å². The molecule has 0 amide bonds. The predicted molar refractivity (Wildman–Crippen MR) is 87.1 cm³/mol. The molecule has 0 aliphatic carbocycles. The van der Waals surface area contributed by atoms with Crippen molar-refractivity contribution in [3.8, 4) is 0 Å². The van der Waals surface area contributed by atoms with Crippen molar-refractivity contribution in [2.24, 2.45) is 21.1 Å². The largest absolute Gasteiger partial charge is 0.352 e. The zero-order valence-corrected chi connectivity index (χ0v) is 14.4. The molecule has 0 radical (unpaired) electrons. The molecule has 2 bridgehead atoms. The van der Waals surface area contributed by atoms with Gasteiger partial charge < -0.3 is 9.80 Å². The average molecular weight is 354 g/mol. The second-order valence-electron chi connectivity index (χ2n) is 5.97. The van der Waals surface area contributed by atoms with Crippen LogP contribution in [0.2, 0.25) is 0 Å². The quantitative estimate of drug-likeness (QED) is 0.622. The molecule has 0 spiro atoms. The zero-order chi connectivity index (χ0) is 15.0. The van der Waals surface area contributed by atoms with Gasteiger partial charge in [0, 0.05) is 59.1 Å². The van der Waals surface area contributed by atoms with Crippen molar-refractivity contribution >= 4 is 27.5 Å². The van der Waals surface area contributed by atoms with Gasteiger partial charge in [-0.3, -0.25) is 0 Å². The minimum Gasteiger partial charge on any atom is -0.352 e. The van der Waals surface area contributed by atoms with Crippen LogP contribution in [-0.2, 0) is 0 Å². The number of hydrazone groups is 1. The van der Waals surface area contributed by atoms with Gasteiger partial charge in [-0.05, 0) is 12.2 Å². The summed E-state index contributed by atoms with van der Waals surface area (Å²) in [7, 11) is 4.07. The number of fused-ring (bicyclic) bond motifs is 2. The smallest absolute Gasteiger partial charge is 0.193 e. The standard InChI is InChI=1S/C14H22BrN6/c1-10-12-8-11(15)9-16-14(13(10)18-20(3)17-12)21-6-4-19(2)5-7-21/h9-10,12H,4-8H2,1-3H3/q+1. The number of aliphatic imine (C=N–C) groups is 1. The average Bonchev–Trinajstić information content (AvgIpc) is 2.45. The van der Waals surface area contributed by atoms with Crippen LogP contribution in [0.15, 0.2) is 25.9 Å². The molecule has 2 atom stereocenters. The van der Waals surface area contributed by atoms with E-state index in [2.05, 4.69) is 49.9 Å². The summed E-state index contributed by atoms with van der Waals surface area (Å²) in [6.45, 7) is 6.33. The van der Waals surface area contributed by atoms with E-state index < -0.39 is 0 Å². The molecule has 21 heavy (non-hydrogen) atoms. The molecule has 0 aromatic heterocycles. The van der Waals surface area contributed by atoms with Gasteiger partial charge >= 0.3 is 0 Å². The summed E-state index contributed by atoms with van der Waals surface area (Å²) in [4.78, 5) is 11.1. The molecular weight excluding hydrogens is 332 g/mol. The number of rotatable bonds is 0. The predicted octanol–water partition coefficient (Wildman–Crippen LogP) is 1.74. The maximum atomic E-state index is 4.73. The summed E-state index contributed by atoms with van der Waals surface area (Å²) in [5.41, 5.74) is 1.07. The van der Waals surface area contributed by atoms with E-state index in [1.807, 2.05) is 13.2 Å². The molecule has 0 aromatic rings. The van der Waals surface area contributed by atoms with Crippen LogP contribution < -0.4 is 0 Å². The number of likely N-dealkylation sites (N-methyl/N-ethyl adjacent to an activating group) is 1. The number of hydrogen-bond donors (Lipinski definition) is 0. The molecule has 3 aliphatic rings. The monoisotopic (exact) mass is 353 g/mol. The fourth-order valence-electron chi connectivity index (χ4n) is 2.95. The minimum absolute atomic E-state index is 0.228. The van der Waals surface area contributed by atoms with Gasteiger partial charge in [0.1, 0.15) is 6.04 Å². The Morgan fingerprint density at radius 3 is 2.71 bits per heavy atom. The van der Waals surface area contributed by atoms with Crippen molar-refractivity contribution in [2.45, 2.75) is 19.4 Å². The van der Waals surface area contributed by atoms with Gasteiger partial charge in [-0.15, -0.1) is 0 Å². The van der Waals surface area contributed by atoms with Crippen LogP contribution in [-0.4, -0.2) is 72.5 Å². The first-order chi connectivity index (χ1) is 10.0. The minimum atomic E-state index is 0.228. The fourth-order valence-corrected chi connectivity index (χ4v) is 3.38. The normalized spacial score (nSPS) is 30.8. The van der Waals surface area contributed by atoms with E-state index in [4.69, 9.17) is 4.99 Å². The first-order valence-corrected chi connectivity index (χ1v) is 8.23. The molecule has 3 aliphatic heterocycles. The third-order valence-corrected chi connectivity index (χ3v) is 4.87. The number of nitrogens with zero attached hydrogens (tertiary/aromatic N) is 6. The van der Waals surface area contributed by atoms with Gasteiger partial charge in [0.15, 0.2) is 18.6 Å². The van der Waals surface area contributed by atoms with Crippen LogP contribution in [0.4, 0.5) is 0 Å². The Kier molecular flexibility index (Phi) is 4.21. The van der Waals surface area contributed by atoms with Crippen LogP contribution in [0.3, 0.4) is 0 Å². The first kappa shape index (κ1) is 14.8. The van der Waals surface area contributed by atoms with Gasteiger partial charge in [-0.1, -0.05) is 22.9 Å². The van der Waals surface area contributed by atoms with E-state index >= 15 is 0 Å². The third-order valence-electron chi connectivity index (χ3n) is 4.34. The van der Waals surface area contributed by atoms with Crippen molar-refractivity contribution in [1.82, 2.24) is 9.80 Å². The van der Waals surface area contributed by atoms with Crippen LogP contribution in [0, 0.1) is 5.92 Å². The molecule has 7 heteroatoms. The van der Waals surface area contributed by atoms with Gasteiger partial charge in [0.05, 0.1) is 0 Å². The summed E-state index contributed by atoms with van der Waals surface area (Å²) in [5.74, 6) is 1.31. The summed E-state index contributed by atoms with van der Waals surface area (Å²) < 4.78 is 1.10. The number of azo groups is 1. The second-order valence-corrected chi connectivity index (χ2v) is 6.99. The van der Waals surface area contributed by atoms with E-state index in [0.717, 1.165) is 48.6 Å². The van der Waals surface area contributed by atoms with Crippen molar-refractivity contribution in [3.05, 3.63) is 10.7 Å². The second kappa shape index (κ2) is 5.96. The van der Waals surface area contributed by atoms with Crippen molar-refractivity contribution in [2.75, 3.05) is 40.3 Å². The van der Waals surface area contributed by atoms with Gasteiger partial charge in [0.2, 0.25) is 0 Å². The van der Waals surface area contributed by atoms with Crippen LogP contribution in [0.25, 0.3) is 0 Å². The van der Waals surface area contributed by atoms with Crippen LogP contribution >= 0.6 is 15.9 Å². The maximum Gasteiger partial charge on any atom is 0.193 e. The molecule has 3 heterocycles. The van der Waals surface area contributed by atoms with Crippen LogP contribution in [0.5, 0.6) is 0 Å². The zero-order valence-electron chi connectivity index (χ0n) is 12.8. The molecule has 0 aromatic carbocycles. The van der Waals surface area contributed by atoms with E-state index in [-0.39, 0.29) is 6.04 Å². The molecule has 114 valence electrons. The molecule has 1 saturated heterocycles. The Bertz CT molecular complexity index is 542. The first-order valence-electron chi connectivity index (χ1n) is 7.44. The molecule has 1 fully saturated rings. The third kappa shape index (κ3) is 3.08. The Morgan fingerprint density at radius 2 is 2.00 bits per heavy atom. The van der Waals surface area contributed by atoms with Gasteiger partial charge in [0.25, 0.3) is 0 Å². The lowest BCUT2D eigenvalue weighted by molar-refractivity contribution is -0.578. The Hall–Kier alpha value is -1.08. The SMILES string of the molecule is CC1C2=N[N+](C)=NC1CC(Br)=CN=C2N1CCN(C)CC1. The number of hydrogen-bond acceptors (Lipinski definition) is 5. The lowest BCUT2D eigenvalue weighted by atomic mass is 9.92. The highest BCUT2D eigenvalue weighted by molar-refractivity contribution is 9.11. The summed E-state index contributed by atoms with van der Waals surface area (Å²) in [6, 6.07) is 0.228. The maximum absolute atomic E-state index is 4.73. The Balaban J connectivity index is 1.97. The highest BCUT2D eigenvalue weighted by Crippen LogP contribution is 2.27. The summed E-state index contributed by atoms with van der Waals surface area (Å²) in [5, 5.41) is 9.26. The molecular formula is C14H22BrN6+.